The van der Waals surface area contributed by atoms with Gasteiger partial charge in [0.05, 0.1) is 19.1 Å². The number of benzene rings is 2. The molecule has 2 saturated heterocycles. The lowest BCUT2D eigenvalue weighted by molar-refractivity contribution is 0.222. The highest BCUT2D eigenvalue weighted by molar-refractivity contribution is 7.89. The number of hydrogen-bond donors (Lipinski definition) is 0. The fourth-order valence-electron chi connectivity index (χ4n) is 5.19. The number of piperidine rings is 2. The fraction of sp³-hybridized carbons (Fsp3) is 0.538. The molecular weight excluding hydrogens is 522 g/mol. The first-order valence-electron chi connectivity index (χ1n) is 12.6. The topological polar surface area (TPSA) is 76.2 Å². The van der Waals surface area contributed by atoms with Gasteiger partial charge in [0.15, 0.2) is 0 Å². The van der Waals surface area contributed by atoms with Gasteiger partial charge >= 0.3 is 0 Å². The maximum absolute atomic E-state index is 13.7. The number of hydrogen-bond acceptors (Lipinski definition) is 5. The number of halogens is 2. The van der Waals surface area contributed by atoms with Crippen LogP contribution in [0.15, 0.2) is 46.2 Å². The molecule has 2 aliphatic rings. The normalized spacial score (nSPS) is 19.6. The summed E-state index contributed by atoms with van der Waals surface area (Å²) in [5.41, 5.74) is 0. The van der Waals surface area contributed by atoms with Gasteiger partial charge in [-0.1, -0.05) is 12.8 Å². The predicted molar refractivity (Wildman–Crippen MR) is 137 cm³/mol. The van der Waals surface area contributed by atoms with Crippen LogP contribution in [0, 0.1) is 23.5 Å². The lowest BCUT2D eigenvalue weighted by atomic mass is 9.86. The lowest BCUT2D eigenvalue weighted by Gasteiger charge is -2.34. The first kappa shape index (κ1) is 27.9. The van der Waals surface area contributed by atoms with Crippen molar-refractivity contribution in [2.75, 3.05) is 40.4 Å². The highest BCUT2D eigenvalue weighted by atomic mass is 32.2. The summed E-state index contributed by atoms with van der Waals surface area (Å²) in [7, 11) is -2.44. The molecule has 11 heteroatoms. The SMILES string of the molecule is COc1ccc(F)cc1S(=O)N1CCC(CCC2CCN(S(=O)(=O)c3cc(F)ccc3OC)CC2)CC1. The number of ether oxygens (including phenoxy) is 2. The average Bonchev–Trinajstić information content (AvgIpc) is 2.92. The van der Waals surface area contributed by atoms with Gasteiger partial charge in [-0.25, -0.2) is 25.7 Å². The number of rotatable bonds is 9. The van der Waals surface area contributed by atoms with E-state index < -0.39 is 32.6 Å². The third kappa shape index (κ3) is 6.50. The highest BCUT2D eigenvalue weighted by Gasteiger charge is 2.32. The van der Waals surface area contributed by atoms with Crippen LogP contribution in [0.3, 0.4) is 0 Å². The Labute approximate surface area is 220 Å². The summed E-state index contributed by atoms with van der Waals surface area (Å²) in [5, 5.41) is 0. The summed E-state index contributed by atoms with van der Waals surface area (Å²) in [6.45, 7) is 2.14. The van der Waals surface area contributed by atoms with E-state index in [0.717, 1.165) is 44.6 Å². The molecule has 0 N–H and O–H groups in total. The summed E-state index contributed by atoms with van der Waals surface area (Å²) < 4.78 is 80.4. The molecule has 7 nitrogen and oxygen atoms in total. The third-order valence-electron chi connectivity index (χ3n) is 7.42. The van der Waals surface area contributed by atoms with E-state index >= 15 is 0 Å². The predicted octanol–water partition coefficient (Wildman–Crippen LogP) is 4.60. The van der Waals surface area contributed by atoms with Crippen molar-refractivity contribution >= 4 is 21.0 Å². The number of methoxy groups -OCH3 is 2. The van der Waals surface area contributed by atoms with Gasteiger partial charge in [0, 0.05) is 26.2 Å². The van der Waals surface area contributed by atoms with Crippen molar-refractivity contribution in [3.8, 4) is 11.5 Å². The van der Waals surface area contributed by atoms with Crippen molar-refractivity contribution in [2.24, 2.45) is 11.8 Å². The van der Waals surface area contributed by atoms with E-state index in [2.05, 4.69) is 0 Å². The van der Waals surface area contributed by atoms with Gasteiger partial charge in [-0.2, -0.15) is 4.31 Å². The molecule has 37 heavy (non-hydrogen) atoms. The summed E-state index contributed by atoms with van der Waals surface area (Å²) in [5.74, 6) is 0.468. The third-order valence-corrected chi connectivity index (χ3v) is 10.9. The van der Waals surface area contributed by atoms with Crippen LogP contribution in [0.2, 0.25) is 0 Å². The van der Waals surface area contributed by atoms with E-state index in [0.29, 0.717) is 48.7 Å². The summed E-state index contributed by atoms with van der Waals surface area (Å²) >= 11 is 0. The Morgan fingerprint density at radius 2 is 1.35 bits per heavy atom. The van der Waals surface area contributed by atoms with Crippen LogP contribution in [0.5, 0.6) is 11.5 Å². The van der Waals surface area contributed by atoms with Crippen molar-refractivity contribution in [3.63, 3.8) is 0 Å². The van der Waals surface area contributed by atoms with Gasteiger partial charge in [-0.15, -0.1) is 0 Å². The van der Waals surface area contributed by atoms with Crippen LogP contribution in [0.4, 0.5) is 8.78 Å². The maximum Gasteiger partial charge on any atom is 0.246 e. The second-order valence-corrected chi connectivity index (χ2v) is 13.0. The van der Waals surface area contributed by atoms with Gasteiger partial charge in [0.1, 0.15) is 39.0 Å². The first-order chi connectivity index (χ1) is 17.7. The molecular formula is C26H34F2N2O5S2. The highest BCUT2D eigenvalue weighted by Crippen LogP contribution is 2.34. The zero-order chi connectivity index (χ0) is 26.6. The molecule has 2 aromatic rings. The van der Waals surface area contributed by atoms with Crippen LogP contribution in [-0.4, -0.2) is 61.6 Å². The second kappa shape index (κ2) is 12.2. The minimum Gasteiger partial charge on any atom is -0.495 e. The molecule has 1 atom stereocenters. The van der Waals surface area contributed by atoms with Gasteiger partial charge in [-0.05, 0) is 73.9 Å². The average molecular weight is 557 g/mol. The zero-order valence-electron chi connectivity index (χ0n) is 21.2. The molecule has 0 aromatic heterocycles. The van der Waals surface area contributed by atoms with Crippen LogP contribution < -0.4 is 9.47 Å². The summed E-state index contributed by atoms with van der Waals surface area (Å²) in [6.07, 6.45) is 5.41. The standard InChI is InChI=1S/C26H34F2N2O5S2/c1-34-23-7-5-21(27)17-25(23)36(31)29-13-9-19(10-14-29)3-4-20-11-15-30(16-12-20)37(32,33)26-18-22(28)6-8-24(26)35-2/h5-8,17-20H,3-4,9-16H2,1-2H3. The minimum atomic E-state index is -3.83. The lowest BCUT2D eigenvalue weighted by Crippen LogP contribution is -2.39. The van der Waals surface area contributed by atoms with E-state index in [-0.39, 0.29) is 10.6 Å². The summed E-state index contributed by atoms with van der Waals surface area (Å²) in [6, 6.07) is 7.61. The Balaban J connectivity index is 1.25. The first-order valence-corrected chi connectivity index (χ1v) is 15.1. The number of sulfonamides is 1. The second-order valence-electron chi connectivity index (χ2n) is 9.64. The van der Waals surface area contributed by atoms with Crippen molar-refractivity contribution in [3.05, 3.63) is 48.0 Å². The van der Waals surface area contributed by atoms with Crippen LogP contribution in [0.25, 0.3) is 0 Å². The Kier molecular flexibility index (Phi) is 9.20. The zero-order valence-corrected chi connectivity index (χ0v) is 22.8. The molecule has 0 radical (unpaired) electrons. The molecule has 2 fully saturated rings. The van der Waals surface area contributed by atoms with Gasteiger partial charge < -0.3 is 9.47 Å². The van der Waals surface area contributed by atoms with E-state index in [1.54, 1.807) is 0 Å². The smallest absolute Gasteiger partial charge is 0.246 e. The molecule has 2 aromatic carbocycles. The minimum absolute atomic E-state index is 0.131. The molecule has 0 spiro atoms. The Bertz CT molecular complexity index is 1210. The molecule has 0 amide bonds. The molecule has 2 heterocycles. The quantitative estimate of drug-likeness (QED) is 0.451. The van der Waals surface area contributed by atoms with Crippen molar-refractivity contribution < 1.29 is 30.9 Å². The Morgan fingerprint density at radius 1 is 0.838 bits per heavy atom. The van der Waals surface area contributed by atoms with Crippen molar-refractivity contribution in [1.29, 1.82) is 0 Å². The Hall–Kier alpha value is -2.08. The maximum atomic E-state index is 13.7. The van der Waals surface area contributed by atoms with E-state index in [4.69, 9.17) is 9.47 Å². The molecule has 4 rings (SSSR count). The van der Waals surface area contributed by atoms with E-state index in [1.165, 1.54) is 48.9 Å². The van der Waals surface area contributed by atoms with Gasteiger partial charge in [0.2, 0.25) is 10.0 Å². The molecule has 0 aliphatic carbocycles. The number of nitrogens with zero attached hydrogens (tertiary/aromatic N) is 2. The van der Waals surface area contributed by atoms with E-state index in [1.807, 2.05) is 4.31 Å². The van der Waals surface area contributed by atoms with Crippen LogP contribution in [-0.2, 0) is 21.0 Å². The van der Waals surface area contributed by atoms with Gasteiger partial charge in [0.25, 0.3) is 0 Å². The Morgan fingerprint density at radius 3 is 1.92 bits per heavy atom. The molecule has 0 bridgehead atoms. The van der Waals surface area contributed by atoms with Crippen molar-refractivity contribution in [1.82, 2.24) is 8.61 Å². The summed E-state index contributed by atoms with van der Waals surface area (Å²) in [4.78, 5) is 0.229. The van der Waals surface area contributed by atoms with E-state index in [9.17, 15) is 21.4 Å². The van der Waals surface area contributed by atoms with Crippen LogP contribution in [0.1, 0.15) is 38.5 Å². The molecule has 204 valence electrons. The van der Waals surface area contributed by atoms with Crippen LogP contribution >= 0.6 is 0 Å². The monoisotopic (exact) mass is 556 g/mol. The molecule has 2 aliphatic heterocycles. The molecule has 1 unspecified atom stereocenters. The molecule has 0 saturated carbocycles. The van der Waals surface area contributed by atoms with Crippen molar-refractivity contribution in [2.45, 2.75) is 48.3 Å². The fourth-order valence-corrected chi connectivity index (χ4v) is 8.19. The van der Waals surface area contributed by atoms with Gasteiger partial charge in [-0.3, -0.25) is 0 Å². The largest absolute Gasteiger partial charge is 0.495 e.